The van der Waals surface area contributed by atoms with Crippen LogP contribution in [0.4, 0.5) is 5.69 Å². The number of rotatable bonds is 6. The molecule has 4 rings (SSSR count). The third-order valence-corrected chi connectivity index (χ3v) is 7.28. The number of nitriles is 1. The lowest BCUT2D eigenvalue weighted by Crippen LogP contribution is -2.27. The highest BCUT2D eigenvalue weighted by Crippen LogP contribution is 2.27. The molecule has 3 aromatic rings. The summed E-state index contributed by atoms with van der Waals surface area (Å²) in [6, 6.07) is 16.4. The first kappa shape index (κ1) is 22.5. The number of nitrogens with zero attached hydrogens (tertiary/aromatic N) is 3. The highest BCUT2D eigenvalue weighted by atomic mass is 32.2. The second kappa shape index (κ2) is 9.40. The minimum Gasteiger partial charge on any atom is -0.438 e. The van der Waals surface area contributed by atoms with Crippen molar-refractivity contribution >= 4 is 21.6 Å². The molecule has 1 aromatic heterocycles. The van der Waals surface area contributed by atoms with Gasteiger partial charge in [0, 0.05) is 30.5 Å². The molecule has 1 aliphatic rings. The molecule has 0 bridgehead atoms. The number of sulfonamides is 1. The fourth-order valence-corrected chi connectivity index (χ4v) is 5.08. The Kier molecular flexibility index (Phi) is 6.40. The Labute approximate surface area is 192 Å². The number of anilines is 1. The molecule has 0 atom stereocenters. The van der Waals surface area contributed by atoms with Gasteiger partial charge in [-0.15, -0.1) is 0 Å². The number of ether oxygens (including phenoxy) is 1. The van der Waals surface area contributed by atoms with E-state index in [1.807, 2.05) is 13.0 Å². The third kappa shape index (κ3) is 4.87. The smallest absolute Gasteiger partial charge is 0.255 e. The lowest BCUT2D eigenvalue weighted by Gasteiger charge is -2.15. The zero-order valence-corrected chi connectivity index (χ0v) is 18.8. The fourth-order valence-electron chi connectivity index (χ4n) is 3.56. The summed E-state index contributed by atoms with van der Waals surface area (Å²) in [4.78, 5) is 17.0. The maximum Gasteiger partial charge on any atom is 0.255 e. The molecule has 0 saturated carbocycles. The fraction of sp³-hybridized carbons (Fsp3) is 0.208. The number of hydrogen-bond acceptors (Lipinski definition) is 6. The lowest BCUT2D eigenvalue weighted by molar-refractivity contribution is 0.102. The standard InChI is InChI=1S/C24H22N4O4S/c1-17-15-20(32-24-19(16-25)5-4-12-26-24)8-11-22(17)27-23(29)18-6-9-21(10-7-18)33(30,31)28-13-2-3-14-28/h4-12,15H,2-3,13-14H2,1H3,(H,27,29). The summed E-state index contributed by atoms with van der Waals surface area (Å²) < 4.78 is 32.5. The highest BCUT2D eigenvalue weighted by molar-refractivity contribution is 7.89. The molecule has 0 spiro atoms. The first-order valence-electron chi connectivity index (χ1n) is 10.4. The monoisotopic (exact) mass is 462 g/mol. The van der Waals surface area contributed by atoms with Crippen LogP contribution in [0.5, 0.6) is 11.6 Å². The molecule has 2 heterocycles. The number of hydrogen-bond donors (Lipinski definition) is 1. The Morgan fingerprint density at radius 3 is 2.52 bits per heavy atom. The van der Waals surface area contributed by atoms with E-state index in [1.165, 1.54) is 28.6 Å². The maximum absolute atomic E-state index is 12.7. The number of pyridine rings is 1. The molecule has 1 N–H and O–H groups in total. The van der Waals surface area contributed by atoms with Gasteiger partial charge < -0.3 is 10.1 Å². The summed E-state index contributed by atoms with van der Waals surface area (Å²) >= 11 is 0. The Balaban J connectivity index is 1.45. The van der Waals surface area contributed by atoms with E-state index in [4.69, 9.17) is 10.00 Å². The summed E-state index contributed by atoms with van der Waals surface area (Å²) in [7, 11) is -3.52. The molecule has 1 saturated heterocycles. The van der Waals surface area contributed by atoms with E-state index in [0.29, 0.717) is 35.7 Å². The molecule has 0 radical (unpaired) electrons. The molecule has 1 aliphatic heterocycles. The molecule has 2 aromatic carbocycles. The number of benzene rings is 2. The van der Waals surface area contributed by atoms with Crippen LogP contribution in [0, 0.1) is 18.3 Å². The average Bonchev–Trinajstić information content (AvgIpc) is 3.37. The van der Waals surface area contributed by atoms with Crippen molar-refractivity contribution in [2.75, 3.05) is 18.4 Å². The summed E-state index contributed by atoms with van der Waals surface area (Å²) in [5.41, 5.74) is 2.01. The third-order valence-electron chi connectivity index (χ3n) is 5.37. The van der Waals surface area contributed by atoms with Crippen molar-refractivity contribution in [2.45, 2.75) is 24.7 Å². The molecule has 33 heavy (non-hydrogen) atoms. The van der Waals surface area contributed by atoms with E-state index in [2.05, 4.69) is 10.3 Å². The van der Waals surface area contributed by atoms with E-state index in [1.54, 1.807) is 36.5 Å². The van der Waals surface area contributed by atoms with E-state index in [-0.39, 0.29) is 16.7 Å². The van der Waals surface area contributed by atoms with E-state index in [9.17, 15) is 13.2 Å². The second-order valence-electron chi connectivity index (χ2n) is 7.64. The molecule has 168 valence electrons. The van der Waals surface area contributed by atoms with Gasteiger partial charge in [0.2, 0.25) is 15.9 Å². The number of carbonyl (C=O) groups excluding carboxylic acids is 1. The SMILES string of the molecule is Cc1cc(Oc2ncccc2C#N)ccc1NC(=O)c1ccc(S(=O)(=O)N2CCCC2)cc1. The first-order chi connectivity index (χ1) is 15.9. The Bertz CT molecular complexity index is 1330. The van der Waals surface area contributed by atoms with Crippen LogP contribution in [0.1, 0.15) is 34.3 Å². The quantitative estimate of drug-likeness (QED) is 0.590. The summed E-state index contributed by atoms with van der Waals surface area (Å²) in [6.07, 6.45) is 3.27. The van der Waals surface area contributed by atoms with E-state index in [0.717, 1.165) is 18.4 Å². The molecule has 0 aliphatic carbocycles. The van der Waals surface area contributed by atoms with Crippen molar-refractivity contribution in [3.8, 4) is 17.7 Å². The van der Waals surface area contributed by atoms with Gasteiger partial charge in [0.05, 0.1) is 4.90 Å². The minimum absolute atomic E-state index is 0.185. The minimum atomic E-state index is -3.52. The molecular weight excluding hydrogens is 440 g/mol. The highest BCUT2D eigenvalue weighted by Gasteiger charge is 2.27. The van der Waals surface area contributed by atoms with E-state index >= 15 is 0 Å². The van der Waals surface area contributed by atoms with Gasteiger partial charge in [-0.1, -0.05) is 0 Å². The van der Waals surface area contributed by atoms with Gasteiger partial charge in [0.15, 0.2) is 0 Å². The molecule has 1 amide bonds. The Morgan fingerprint density at radius 1 is 1.12 bits per heavy atom. The summed E-state index contributed by atoms with van der Waals surface area (Å²) in [5.74, 6) is 0.339. The summed E-state index contributed by atoms with van der Waals surface area (Å²) in [6.45, 7) is 2.88. The van der Waals surface area contributed by atoms with Gasteiger partial charge in [-0.25, -0.2) is 13.4 Å². The van der Waals surface area contributed by atoms with Crippen molar-refractivity contribution in [3.05, 3.63) is 77.5 Å². The van der Waals surface area contributed by atoms with Crippen molar-refractivity contribution in [1.82, 2.24) is 9.29 Å². The lowest BCUT2D eigenvalue weighted by atomic mass is 10.1. The molecule has 9 heteroatoms. The molecule has 0 unspecified atom stereocenters. The van der Waals surface area contributed by atoms with Crippen LogP contribution in [0.15, 0.2) is 65.7 Å². The van der Waals surface area contributed by atoms with Crippen LogP contribution in [0.25, 0.3) is 0 Å². The zero-order valence-electron chi connectivity index (χ0n) is 18.0. The van der Waals surface area contributed by atoms with Gasteiger partial charge in [0.25, 0.3) is 5.91 Å². The van der Waals surface area contributed by atoms with Crippen LogP contribution < -0.4 is 10.1 Å². The number of amides is 1. The number of aryl methyl sites for hydroxylation is 1. The average molecular weight is 463 g/mol. The maximum atomic E-state index is 12.7. The van der Waals surface area contributed by atoms with Crippen molar-refractivity contribution in [2.24, 2.45) is 0 Å². The molecule has 8 nitrogen and oxygen atoms in total. The van der Waals surface area contributed by atoms with E-state index < -0.39 is 10.0 Å². The largest absolute Gasteiger partial charge is 0.438 e. The van der Waals surface area contributed by atoms with Crippen molar-refractivity contribution in [3.63, 3.8) is 0 Å². The van der Waals surface area contributed by atoms with Gasteiger partial charge in [0.1, 0.15) is 17.4 Å². The van der Waals surface area contributed by atoms with Gasteiger partial charge in [-0.2, -0.15) is 9.57 Å². The predicted octanol–water partition coefficient (Wildman–Crippen LogP) is 4.09. The normalized spacial score (nSPS) is 13.9. The topological polar surface area (TPSA) is 112 Å². The number of carbonyl (C=O) groups is 1. The molecule has 1 fully saturated rings. The van der Waals surface area contributed by atoms with Crippen LogP contribution in [-0.4, -0.2) is 36.7 Å². The number of nitrogens with one attached hydrogen (secondary N) is 1. The Morgan fingerprint density at radius 2 is 1.85 bits per heavy atom. The van der Waals surface area contributed by atoms with Crippen LogP contribution >= 0.6 is 0 Å². The van der Waals surface area contributed by atoms with Crippen LogP contribution in [0.2, 0.25) is 0 Å². The van der Waals surface area contributed by atoms with Crippen molar-refractivity contribution < 1.29 is 17.9 Å². The zero-order chi connectivity index (χ0) is 23.4. The predicted molar refractivity (Wildman–Crippen MR) is 123 cm³/mol. The first-order valence-corrected chi connectivity index (χ1v) is 11.9. The van der Waals surface area contributed by atoms with Crippen molar-refractivity contribution in [1.29, 1.82) is 5.26 Å². The van der Waals surface area contributed by atoms with Crippen LogP contribution in [0.3, 0.4) is 0 Å². The van der Waals surface area contributed by atoms with Gasteiger partial charge >= 0.3 is 0 Å². The Hall–Kier alpha value is -3.74. The summed E-state index contributed by atoms with van der Waals surface area (Å²) in [5, 5.41) is 12.0. The molecular formula is C24H22N4O4S. The number of aromatic nitrogens is 1. The second-order valence-corrected chi connectivity index (χ2v) is 9.57. The van der Waals surface area contributed by atoms with Gasteiger partial charge in [-0.3, -0.25) is 4.79 Å². The van der Waals surface area contributed by atoms with Crippen LogP contribution in [-0.2, 0) is 10.0 Å². The van der Waals surface area contributed by atoms with Gasteiger partial charge in [-0.05, 0) is 79.9 Å².